The molecule has 1 heterocycles. The molecule has 1 saturated heterocycles. The van der Waals surface area contributed by atoms with Gasteiger partial charge in [0.1, 0.15) is 5.69 Å². The lowest BCUT2D eigenvalue weighted by Crippen LogP contribution is -2.39. The fourth-order valence-corrected chi connectivity index (χ4v) is 2.99. The maximum absolute atomic E-state index is 11.1. The third kappa shape index (κ3) is 3.45. The molecule has 1 aromatic carbocycles. The van der Waals surface area contributed by atoms with Crippen LogP contribution in [0, 0.1) is 16.0 Å². The van der Waals surface area contributed by atoms with Gasteiger partial charge in [-0.15, -0.1) is 0 Å². The number of nitro groups is 1. The van der Waals surface area contributed by atoms with Gasteiger partial charge in [0.05, 0.1) is 4.92 Å². The minimum Gasteiger partial charge on any atom is -0.366 e. The van der Waals surface area contributed by atoms with Crippen LogP contribution in [0.15, 0.2) is 22.7 Å². The summed E-state index contributed by atoms with van der Waals surface area (Å²) >= 11 is 3.40. The van der Waals surface area contributed by atoms with E-state index in [1.54, 1.807) is 12.1 Å². The minimum absolute atomic E-state index is 0.188. The van der Waals surface area contributed by atoms with Gasteiger partial charge in [-0.25, -0.2) is 0 Å². The number of nitrogens with one attached hydrogen (secondary N) is 1. The van der Waals surface area contributed by atoms with Crippen molar-refractivity contribution >= 4 is 27.3 Å². The van der Waals surface area contributed by atoms with Crippen LogP contribution in [0.5, 0.6) is 0 Å². The van der Waals surface area contributed by atoms with Gasteiger partial charge in [-0.1, -0.05) is 15.9 Å². The van der Waals surface area contributed by atoms with Crippen molar-refractivity contribution in [3.05, 3.63) is 32.8 Å². The molecule has 1 atom stereocenters. The molecule has 0 saturated carbocycles. The number of piperidine rings is 1. The highest BCUT2D eigenvalue weighted by Crippen LogP contribution is 2.33. The normalized spacial score (nSPS) is 19.5. The standard InChI is InChI=1S/C13H18BrN3O2/c1-15-8-10-3-2-6-16(9-10)13-7-11(14)4-5-12(13)17(18)19/h4-5,7,10,15H,2-3,6,8-9H2,1H3. The number of halogens is 1. The number of benzene rings is 1. The van der Waals surface area contributed by atoms with Crippen LogP contribution in [-0.4, -0.2) is 31.6 Å². The molecule has 1 unspecified atom stereocenters. The Balaban J connectivity index is 2.24. The van der Waals surface area contributed by atoms with Crippen LogP contribution in [0.3, 0.4) is 0 Å². The third-order valence-corrected chi connectivity index (χ3v) is 3.98. The van der Waals surface area contributed by atoms with Gasteiger partial charge in [0.25, 0.3) is 5.69 Å². The maximum Gasteiger partial charge on any atom is 0.292 e. The molecule has 0 bridgehead atoms. The summed E-state index contributed by atoms with van der Waals surface area (Å²) in [6, 6.07) is 5.14. The maximum atomic E-state index is 11.1. The topological polar surface area (TPSA) is 58.4 Å². The van der Waals surface area contributed by atoms with Gasteiger partial charge in [-0.2, -0.15) is 0 Å². The molecule has 1 fully saturated rings. The van der Waals surface area contributed by atoms with Crippen molar-refractivity contribution < 1.29 is 4.92 Å². The smallest absolute Gasteiger partial charge is 0.292 e. The summed E-state index contributed by atoms with van der Waals surface area (Å²) < 4.78 is 0.879. The first-order valence-electron chi connectivity index (χ1n) is 6.45. The first-order valence-corrected chi connectivity index (χ1v) is 7.24. The predicted molar refractivity (Wildman–Crippen MR) is 79.7 cm³/mol. The second-order valence-electron chi connectivity index (χ2n) is 4.90. The van der Waals surface area contributed by atoms with Gasteiger partial charge in [0.15, 0.2) is 0 Å². The predicted octanol–water partition coefficient (Wildman–Crippen LogP) is 2.79. The average molecular weight is 328 g/mol. The van der Waals surface area contributed by atoms with Crippen molar-refractivity contribution in [2.45, 2.75) is 12.8 Å². The van der Waals surface area contributed by atoms with E-state index in [1.807, 2.05) is 13.1 Å². The first-order chi connectivity index (χ1) is 9.11. The second kappa shape index (κ2) is 6.34. The van der Waals surface area contributed by atoms with Gasteiger partial charge in [0.2, 0.25) is 0 Å². The Bertz CT molecular complexity index is 465. The lowest BCUT2D eigenvalue weighted by Gasteiger charge is -2.34. The molecule has 0 spiro atoms. The summed E-state index contributed by atoms with van der Waals surface area (Å²) in [6.45, 7) is 2.72. The van der Waals surface area contributed by atoms with E-state index in [-0.39, 0.29) is 10.6 Å². The Morgan fingerprint density at radius 3 is 3.05 bits per heavy atom. The molecular weight excluding hydrogens is 310 g/mol. The second-order valence-corrected chi connectivity index (χ2v) is 5.82. The molecule has 1 N–H and O–H groups in total. The van der Waals surface area contributed by atoms with Gasteiger partial charge < -0.3 is 10.2 Å². The van der Waals surface area contributed by atoms with Gasteiger partial charge in [-0.05, 0) is 44.5 Å². The highest BCUT2D eigenvalue weighted by Gasteiger charge is 2.25. The summed E-state index contributed by atoms with van der Waals surface area (Å²) in [5.41, 5.74) is 0.911. The van der Waals surface area contributed by atoms with Crippen molar-refractivity contribution in [3.63, 3.8) is 0 Å². The van der Waals surface area contributed by atoms with Crippen LogP contribution in [0.4, 0.5) is 11.4 Å². The number of anilines is 1. The van der Waals surface area contributed by atoms with E-state index < -0.39 is 0 Å². The average Bonchev–Trinajstić information content (AvgIpc) is 2.39. The highest BCUT2D eigenvalue weighted by molar-refractivity contribution is 9.10. The molecule has 1 aromatic rings. The zero-order valence-electron chi connectivity index (χ0n) is 10.9. The SMILES string of the molecule is CNCC1CCCN(c2cc(Br)ccc2[N+](=O)[O-])C1. The minimum atomic E-state index is -0.302. The Labute approximate surface area is 121 Å². The van der Waals surface area contributed by atoms with Crippen molar-refractivity contribution in [2.75, 3.05) is 31.6 Å². The van der Waals surface area contributed by atoms with Crippen molar-refractivity contribution in [1.29, 1.82) is 0 Å². The van der Waals surface area contributed by atoms with E-state index in [9.17, 15) is 10.1 Å². The van der Waals surface area contributed by atoms with E-state index in [0.29, 0.717) is 5.92 Å². The molecule has 0 radical (unpaired) electrons. The molecule has 0 aliphatic carbocycles. The largest absolute Gasteiger partial charge is 0.366 e. The van der Waals surface area contributed by atoms with E-state index in [2.05, 4.69) is 26.1 Å². The van der Waals surface area contributed by atoms with E-state index in [1.165, 1.54) is 6.42 Å². The molecule has 2 rings (SSSR count). The van der Waals surface area contributed by atoms with Crippen LogP contribution < -0.4 is 10.2 Å². The van der Waals surface area contributed by atoms with Gasteiger partial charge in [-0.3, -0.25) is 10.1 Å². The fraction of sp³-hybridized carbons (Fsp3) is 0.538. The molecule has 19 heavy (non-hydrogen) atoms. The number of hydrogen-bond donors (Lipinski definition) is 1. The zero-order chi connectivity index (χ0) is 13.8. The van der Waals surface area contributed by atoms with Gasteiger partial charge in [0, 0.05) is 23.6 Å². The Morgan fingerprint density at radius 1 is 1.58 bits per heavy atom. The summed E-state index contributed by atoms with van der Waals surface area (Å²) in [7, 11) is 1.94. The van der Waals surface area contributed by atoms with Crippen molar-refractivity contribution in [1.82, 2.24) is 5.32 Å². The Kier molecular flexibility index (Phi) is 4.76. The quantitative estimate of drug-likeness (QED) is 0.682. The summed E-state index contributed by atoms with van der Waals surface area (Å²) in [6.07, 6.45) is 2.26. The monoisotopic (exact) mass is 327 g/mol. The lowest BCUT2D eigenvalue weighted by molar-refractivity contribution is -0.384. The Morgan fingerprint density at radius 2 is 2.37 bits per heavy atom. The van der Waals surface area contributed by atoms with Crippen LogP contribution in [0.25, 0.3) is 0 Å². The Hall–Kier alpha value is -1.14. The van der Waals surface area contributed by atoms with Crippen LogP contribution in [0.1, 0.15) is 12.8 Å². The van der Waals surface area contributed by atoms with Crippen molar-refractivity contribution in [3.8, 4) is 0 Å². The molecule has 0 aromatic heterocycles. The molecule has 104 valence electrons. The van der Waals surface area contributed by atoms with Gasteiger partial charge >= 0.3 is 0 Å². The van der Waals surface area contributed by atoms with Crippen LogP contribution in [0.2, 0.25) is 0 Å². The highest BCUT2D eigenvalue weighted by atomic mass is 79.9. The molecule has 6 heteroatoms. The van der Waals surface area contributed by atoms with Crippen molar-refractivity contribution in [2.24, 2.45) is 5.92 Å². The number of nitro benzene ring substituents is 1. The summed E-state index contributed by atoms with van der Waals surface area (Å²) in [4.78, 5) is 13.0. The number of rotatable bonds is 4. The summed E-state index contributed by atoms with van der Waals surface area (Å²) in [5, 5.41) is 14.3. The lowest BCUT2D eigenvalue weighted by atomic mass is 9.97. The third-order valence-electron chi connectivity index (χ3n) is 3.49. The molecular formula is C13H18BrN3O2. The van der Waals surface area contributed by atoms with E-state index in [4.69, 9.17) is 0 Å². The molecule has 1 aliphatic heterocycles. The molecule has 5 nitrogen and oxygen atoms in total. The molecule has 0 amide bonds. The van der Waals surface area contributed by atoms with Crippen LogP contribution in [-0.2, 0) is 0 Å². The van der Waals surface area contributed by atoms with E-state index >= 15 is 0 Å². The number of nitrogens with zero attached hydrogens (tertiary/aromatic N) is 2. The zero-order valence-corrected chi connectivity index (χ0v) is 12.5. The fourth-order valence-electron chi connectivity index (χ4n) is 2.64. The van der Waals surface area contributed by atoms with E-state index in [0.717, 1.165) is 36.2 Å². The number of hydrogen-bond acceptors (Lipinski definition) is 4. The molecule has 1 aliphatic rings. The van der Waals surface area contributed by atoms with Crippen LogP contribution >= 0.6 is 15.9 Å². The first kappa shape index (κ1) is 14.3. The summed E-state index contributed by atoms with van der Waals surface area (Å²) in [5.74, 6) is 0.553.